The summed E-state index contributed by atoms with van der Waals surface area (Å²) in [5.41, 5.74) is 0.0812. The molecule has 0 unspecified atom stereocenters. The summed E-state index contributed by atoms with van der Waals surface area (Å²) in [5.74, 6) is -0.0546. The number of piperidine rings is 1. The van der Waals surface area contributed by atoms with Crippen molar-refractivity contribution in [1.29, 1.82) is 0 Å². The predicted molar refractivity (Wildman–Crippen MR) is 65.3 cm³/mol. The van der Waals surface area contributed by atoms with Gasteiger partial charge in [-0.1, -0.05) is 6.92 Å². The van der Waals surface area contributed by atoms with Gasteiger partial charge in [0.25, 0.3) is 0 Å². The lowest BCUT2D eigenvalue weighted by Gasteiger charge is -2.45. The summed E-state index contributed by atoms with van der Waals surface area (Å²) < 4.78 is 5.52. The van der Waals surface area contributed by atoms with Gasteiger partial charge in [0.2, 0.25) is 0 Å². The van der Waals surface area contributed by atoms with E-state index in [2.05, 4.69) is 33.0 Å². The monoisotopic (exact) mass is 227 g/mol. The van der Waals surface area contributed by atoms with E-state index in [1.807, 2.05) is 6.92 Å². The van der Waals surface area contributed by atoms with Crippen LogP contribution in [0.15, 0.2) is 0 Å². The molecule has 1 rings (SSSR count). The third-order valence-corrected chi connectivity index (χ3v) is 2.90. The van der Waals surface area contributed by atoms with Gasteiger partial charge in [-0.3, -0.25) is 4.79 Å². The van der Waals surface area contributed by atoms with E-state index in [4.69, 9.17) is 4.74 Å². The molecule has 0 amide bonds. The maximum absolute atomic E-state index is 11.5. The Morgan fingerprint density at radius 2 is 1.75 bits per heavy atom. The molecule has 0 saturated carbocycles. The summed E-state index contributed by atoms with van der Waals surface area (Å²) in [6.45, 7) is 10.6. The van der Waals surface area contributed by atoms with Gasteiger partial charge in [-0.05, 0) is 34.1 Å². The molecule has 1 aliphatic heterocycles. The standard InChI is InChI=1S/C13H25NO2/c1-6-7-11(15)16-10-8-12(2,3)14-13(4,5)9-10/h10,14H,6-9H2,1-5H3. The van der Waals surface area contributed by atoms with Gasteiger partial charge in [0.15, 0.2) is 0 Å². The van der Waals surface area contributed by atoms with Crippen LogP contribution in [-0.4, -0.2) is 23.2 Å². The maximum Gasteiger partial charge on any atom is 0.306 e. The first-order chi connectivity index (χ1) is 7.24. The Morgan fingerprint density at radius 3 is 2.19 bits per heavy atom. The van der Waals surface area contributed by atoms with Crippen LogP contribution in [0.2, 0.25) is 0 Å². The Morgan fingerprint density at radius 1 is 1.25 bits per heavy atom. The molecule has 3 nitrogen and oxygen atoms in total. The van der Waals surface area contributed by atoms with Crippen molar-refractivity contribution >= 4 is 5.97 Å². The largest absolute Gasteiger partial charge is 0.462 e. The van der Waals surface area contributed by atoms with Gasteiger partial charge in [-0.25, -0.2) is 0 Å². The molecule has 0 aromatic rings. The second kappa shape index (κ2) is 4.74. The lowest BCUT2D eigenvalue weighted by atomic mass is 9.81. The first kappa shape index (κ1) is 13.5. The molecule has 1 fully saturated rings. The van der Waals surface area contributed by atoms with E-state index in [1.165, 1.54) is 0 Å². The molecule has 0 bridgehead atoms. The van der Waals surface area contributed by atoms with Crippen LogP contribution >= 0.6 is 0 Å². The van der Waals surface area contributed by atoms with Crippen LogP contribution in [0.5, 0.6) is 0 Å². The first-order valence-corrected chi connectivity index (χ1v) is 6.23. The highest BCUT2D eigenvalue weighted by Crippen LogP contribution is 2.30. The predicted octanol–water partition coefficient (Wildman–Crippen LogP) is 2.64. The van der Waals surface area contributed by atoms with Crippen molar-refractivity contribution in [2.24, 2.45) is 0 Å². The van der Waals surface area contributed by atoms with Crippen molar-refractivity contribution in [3.05, 3.63) is 0 Å². The molecule has 16 heavy (non-hydrogen) atoms. The van der Waals surface area contributed by atoms with Crippen molar-refractivity contribution in [2.75, 3.05) is 0 Å². The fourth-order valence-corrected chi connectivity index (χ4v) is 2.76. The second-order valence-corrected chi connectivity index (χ2v) is 6.16. The molecular weight excluding hydrogens is 202 g/mol. The maximum atomic E-state index is 11.5. The third-order valence-electron chi connectivity index (χ3n) is 2.90. The summed E-state index contributed by atoms with van der Waals surface area (Å²) in [5, 5.41) is 3.58. The first-order valence-electron chi connectivity index (χ1n) is 6.23. The molecular formula is C13H25NO2. The van der Waals surface area contributed by atoms with E-state index in [9.17, 15) is 4.79 Å². The minimum Gasteiger partial charge on any atom is -0.462 e. The van der Waals surface area contributed by atoms with Gasteiger partial charge < -0.3 is 10.1 Å². The highest BCUT2D eigenvalue weighted by molar-refractivity contribution is 5.69. The third kappa shape index (κ3) is 4.12. The average Bonchev–Trinajstić information content (AvgIpc) is 1.96. The molecule has 0 aromatic carbocycles. The Kier molecular flexibility index (Phi) is 4.00. The highest BCUT2D eigenvalue weighted by atomic mass is 16.5. The van der Waals surface area contributed by atoms with E-state index in [1.54, 1.807) is 0 Å². The summed E-state index contributed by atoms with van der Waals surface area (Å²) in [7, 11) is 0. The number of rotatable bonds is 3. The number of ether oxygens (including phenoxy) is 1. The molecule has 1 saturated heterocycles. The Bertz CT molecular complexity index is 243. The van der Waals surface area contributed by atoms with Gasteiger partial charge >= 0.3 is 5.97 Å². The number of esters is 1. The Labute approximate surface area is 98.9 Å². The number of hydrogen-bond donors (Lipinski definition) is 1. The van der Waals surface area contributed by atoms with E-state index in [0.717, 1.165) is 19.3 Å². The van der Waals surface area contributed by atoms with Crippen LogP contribution in [0.1, 0.15) is 60.3 Å². The van der Waals surface area contributed by atoms with Crippen LogP contribution in [0.25, 0.3) is 0 Å². The van der Waals surface area contributed by atoms with Gasteiger partial charge in [-0.15, -0.1) is 0 Å². The zero-order valence-electron chi connectivity index (χ0n) is 11.2. The molecule has 1 aliphatic rings. The van der Waals surface area contributed by atoms with Crippen molar-refractivity contribution in [1.82, 2.24) is 5.32 Å². The number of hydrogen-bond acceptors (Lipinski definition) is 3. The zero-order valence-corrected chi connectivity index (χ0v) is 11.2. The fraction of sp³-hybridized carbons (Fsp3) is 0.923. The number of carbonyl (C=O) groups excluding carboxylic acids is 1. The minimum absolute atomic E-state index is 0.0406. The van der Waals surface area contributed by atoms with Crippen molar-refractivity contribution < 1.29 is 9.53 Å². The molecule has 0 aliphatic carbocycles. The summed E-state index contributed by atoms with van der Waals surface area (Å²) in [6, 6.07) is 0. The van der Waals surface area contributed by atoms with E-state index in [0.29, 0.717) is 6.42 Å². The van der Waals surface area contributed by atoms with E-state index < -0.39 is 0 Å². The zero-order chi connectivity index (χ0) is 12.4. The molecule has 0 spiro atoms. The van der Waals surface area contributed by atoms with Gasteiger partial charge in [0.05, 0.1) is 0 Å². The lowest BCUT2D eigenvalue weighted by Crippen LogP contribution is -2.59. The van der Waals surface area contributed by atoms with Gasteiger partial charge in [0.1, 0.15) is 6.10 Å². The molecule has 3 heteroatoms. The Hall–Kier alpha value is -0.570. The summed E-state index contributed by atoms with van der Waals surface area (Å²) in [6.07, 6.45) is 3.24. The minimum atomic E-state index is -0.0546. The van der Waals surface area contributed by atoms with Crippen molar-refractivity contribution in [2.45, 2.75) is 77.5 Å². The smallest absolute Gasteiger partial charge is 0.306 e. The normalized spacial score (nSPS) is 24.1. The molecule has 0 atom stereocenters. The molecule has 0 aromatic heterocycles. The van der Waals surface area contributed by atoms with E-state index in [-0.39, 0.29) is 23.2 Å². The Balaban J connectivity index is 2.57. The topological polar surface area (TPSA) is 38.3 Å². The van der Waals surface area contributed by atoms with Crippen molar-refractivity contribution in [3.63, 3.8) is 0 Å². The average molecular weight is 227 g/mol. The fourth-order valence-electron chi connectivity index (χ4n) is 2.76. The molecule has 94 valence electrons. The number of carbonyl (C=O) groups is 1. The van der Waals surface area contributed by atoms with Gasteiger partial charge in [-0.2, -0.15) is 0 Å². The van der Waals surface area contributed by atoms with Crippen LogP contribution < -0.4 is 5.32 Å². The SMILES string of the molecule is CCCC(=O)OC1CC(C)(C)NC(C)(C)C1. The second-order valence-electron chi connectivity index (χ2n) is 6.16. The summed E-state index contributed by atoms with van der Waals surface area (Å²) in [4.78, 5) is 11.5. The quantitative estimate of drug-likeness (QED) is 0.753. The molecule has 1 heterocycles. The lowest BCUT2D eigenvalue weighted by molar-refractivity contribution is -0.153. The molecule has 1 N–H and O–H groups in total. The highest BCUT2D eigenvalue weighted by Gasteiger charge is 2.39. The van der Waals surface area contributed by atoms with Crippen LogP contribution in [0.3, 0.4) is 0 Å². The van der Waals surface area contributed by atoms with Crippen LogP contribution in [-0.2, 0) is 9.53 Å². The van der Waals surface area contributed by atoms with Gasteiger partial charge in [0, 0.05) is 30.3 Å². The number of nitrogens with one attached hydrogen (secondary N) is 1. The summed E-state index contributed by atoms with van der Waals surface area (Å²) >= 11 is 0. The van der Waals surface area contributed by atoms with E-state index >= 15 is 0 Å². The van der Waals surface area contributed by atoms with Crippen LogP contribution in [0, 0.1) is 0 Å². The molecule has 0 radical (unpaired) electrons. The van der Waals surface area contributed by atoms with Crippen molar-refractivity contribution in [3.8, 4) is 0 Å². The van der Waals surface area contributed by atoms with Crippen LogP contribution in [0.4, 0.5) is 0 Å².